The monoisotopic (exact) mass is 336 g/mol. The van der Waals surface area contributed by atoms with Gasteiger partial charge in [-0.3, -0.25) is 0 Å². The lowest BCUT2D eigenvalue weighted by Gasteiger charge is -2.67. The topological polar surface area (TPSA) is 0 Å². The van der Waals surface area contributed by atoms with E-state index in [9.17, 15) is 0 Å². The van der Waals surface area contributed by atoms with Gasteiger partial charge in [-0.25, -0.2) is 0 Å². The Morgan fingerprint density at radius 1 is 0.960 bits per heavy atom. The van der Waals surface area contributed by atoms with Gasteiger partial charge in [0.05, 0.1) is 0 Å². The molecule has 0 heteroatoms. The van der Waals surface area contributed by atoms with Crippen molar-refractivity contribution in [1.29, 1.82) is 0 Å². The minimum atomic E-state index is 0.771. The maximum Gasteiger partial charge on any atom is -0.0163 e. The van der Waals surface area contributed by atoms with Crippen molar-refractivity contribution < 1.29 is 0 Å². The second-order valence-corrected chi connectivity index (χ2v) is 12.0. The molecule has 12 atom stereocenters. The second kappa shape index (κ2) is 4.10. The lowest BCUT2D eigenvalue weighted by atomic mass is 9.37. The SMILES string of the molecule is CCC1C[C@@]12C(C)C13C[C@@H]2[C@@H](C)[C@@H]1C1C=CCC2C4CCC2(C4)CC13. The first-order valence-electron chi connectivity index (χ1n) is 11.7. The van der Waals surface area contributed by atoms with Crippen LogP contribution in [0.15, 0.2) is 12.2 Å². The quantitative estimate of drug-likeness (QED) is 0.491. The molecule has 0 radical (unpaired) electrons. The van der Waals surface area contributed by atoms with E-state index in [2.05, 4.69) is 32.9 Å². The van der Waals surface area contributed by atoms with Crippen LogP contribution in [-0.4, -0.2) is 0 Å². The Hall–Kier alpha value is -0.260. The zero-order valence-corrected chi connectivity index (χ0v) is 16.5. The average molecular weight is 337 g/mol. The Kier molecular flexibility index (Phi) is 2.42. The fourth-order valence-electron chi connectivity index (χ4n) is 11.6. The highest BCUT2D eigenvalue weighted by Gasteiger charge is 2.83. The van der Waals surface area contributed by atoms with Crippen molar-refractivity contribution in [3.05, 3.63) is 12.2 Å². The van der Waals surface area contributed by atoms with E-state index in [1.54, 1.807) is 38.5 Å². The fourth-order valence-corrected chi connectivity index (χ4v) is 11.6. The van der Waals surface area contributed by atoms with Gasteiger partial charge in [-0.2, -0.15) is 0 Å². The van der Waals surface area contributed by atoms with Gasteiger partial charge in [0, 0.05) is 0 Å². The van der Waals surface area contributed by atoms with Crippen LogP contribution >= 0.6 is 0 Å². The summed E-state index contributed by atoms with van der Waals surface area (Å²) in [5.41, 5.74) is 2.38. The number of fused-ring (bicyclic) bond motifs is 5. The summed E-state index contributed by atoms with van der Waals surface area (Å²) in [7, 11) is 0. The Labute approximate surface area is 154 Å². The standard InChI is InChI=1S/C25H36/c1-4-17-11-24(17)15(3)25-13-20(24)14(2)22(25)18-6-5-7-19-16-8-9-23(19,10-16)12-21(18)25/h5-6,14-22H,4,7-13H2,1-3H3/t14-,15?,16?,17?,18?,19?,20-,21?,22-,23?,24-,25?/m1/s1. The minimum Gasteiger partial charge on any atom is -0.0879 e. The van der Waals surface area contributed by atoms with E-state index in [0.29, 0.717) is 0 Å². The smallest absolute Gasteiger partial charge is 0.0163 e. The average Bonchev–Trinajstić information content (AvgIpc) is 2.84. The van der Waals surface area contributed by atoms with Crippen LogP contribution in [0.25, 0.3) is 0 Å². The number of allylic oxidation sites excluding steroid dienone is 2. The van der Waals surface area contributed by atoms with Crippen molar-refractivity contribution in [2.45, 2.75) is 72.1 Å². The normalized spacial score (nSPS) is 70.8. The summed E-state index contributed by atoms with van der Waals surface area (Å²) in [5, 5.41) is 0. The van der Waals surface area contributed by atoms with E-state index in [1.165, 1.54) is 12.8 Å². The Morgan fingerprint density at radius 2 is 1.84 bits per heavy atom. The van der Waals surface area contributed by atoms with Gasteiger partial charge in [-0.05, 0) is 114 Å². The molecule has 7 saturated carbocycles. The molecule has 4 bridgehead atoms. The number of rotatable bonds is 1. The molecule has 3 spiro atoms. The molecule has 0 amide bonds. The van der Waals surface area contributed by atoms with Crippen molar-refractivity contribution in [2.75, 3.05) is 0 Å². The van der Waals surface area contributed by atoms with Gasteiger partial charge in [-0.15, -0.1) is 0 Å². The number of hydrogen-bond acceptors (Lipinski definition) is 0. The molecule has 0 heterocycles. The van der Waals surface area contributed by atoms with E-state index >= 15 is 0 Å². The molecule has 7 fully saturated rings. The molecule has 136 valence electrons. The van der Waals surface area contributed by atoms with E-state index in [-0.39, 0.29) is 0 Å². The summed E-state index contributed by atoms with van der Waals surface area (Å²) < 4.78 is 0. The zero-order valence-electron chi connectivity index (χ0n) is 16.5. The van der Waals surface area contributed by atoms with Crippen LogP contribution in [0.3, 0.4) is 0 Å². The van der Waals surface area contributed by atoms with E-state index in [4.69, 9.17) is 0 Å². The zero-order chi connectivity index (χ0) is 16.8. The third-order valence-corrected chi connectivity index (χ3v) is 12.4. The summed E-state index contributed by atoms with van der Waals surface area (Å²) >= 11 is 0. The van der Waals surface area contributed by atoms with Crippen LogP contribution < -0.4 is 0 Å². The van der Waals surface area contributed by atoms with Gasteiger partial charge in [-0.1, -0.05) is 39.3 Å². The summed E-state index contributed by atoms with van der Waals surface area (Å²) in [6.45, 7) is 7.88. The third kappa shape index (κ3) is 1.28. The Morgan fingerprint density at radius 3 is 2.60 bits per heavy atom. The van der Waals surface area contributed by atoms with Crippen molar-refractivity contribution in [1.82, 2.24) is 0 Å². The van der Waals surface area contributed by atoms with Crippen LogP contribution in [-0.2, 0) is 0 Å². The molecule has 8 rings (SSSR count). The highest BCUT2D eigenvalue weighted by molar-refractivity contribution is 5.33. The van der Waals surface area contributed by atoms with Gasteiger partial charge in [0.15, 0.2) is 0 Å². The molecule has 0 aliphatic heterocycles. The highest BCUT2D eigenvalue weighted by atomic mass is 14.9. The van der Waals surface area contributed by atoms with Crippen LogP contribution in [0.5, 0.6) is 0 Å². The maximum absolute atomic E-state index is 2.76. The first kappa shape index (κ1) is 14.8. The summed E-state index contributed by atoms with van der Waals surface area (Å²) in [6, 6.07) is 0. The lowest BCUT2D eigenvalue weighted by molar-refractivity contribution is -0.184. The van der Waals surface area contributed by atoms with Crippen molar-refractivity contribution in [3.63, 3.8) is 0 Å². The molecule has 0 aromatic heterocycles. The van der Waals surface area contributed by atoms with Gasteiger partial charge < -0.3 is 0 Å². The van der Waals surface area contributed by atoms with Crippen LogP contribution in [0.1, 0.15) is 72.1 Å². The molecule has 0 N–H and O–H groups in total. The summed E-state index contributed by atoms with van der Waals surface area (Å²) in [6.07, 6.45) is 18.0. The molecule has 0 nitrogen and oxygen atoms in total. The molecule has 8 aliphatic rings. The van der Waals surface area contributed by atoms with Gasteiger partial charge in [0.25, 0.3) is 0 Å². The largest absolute Gasteiger partial charge is 0.0879 e. The highest BCUT2D eigenvalue weighted by Crippen LogP contribution is 2.89. The predicted octanol–water partition coefficient (Wildman–Crippen LogP) is 6.32. The molecule has 25 heavy (non-hydrogen) atoms. The lowest BCUT2D eigenvalue weighted by Crippen LogP contribution is -2.62. The van der Waals surface area contributed by atoms with E-state index in [1.807, 2.05) is 0 Å². The number of hydrogen-bond donors (Lipinski definition) is 0. The Balaban J connectivity index is 1.31. The molecule has 0 saturated heterocycles. The van der Waals surface area contributed by atoms with E-state index < -0.39 is 0 Å². The van der Waals surface area contributed by atoms with Gasteiger partial charge >= 0.3 is 0 Å². The summed E-state index contributed by atoms with van der Waals surface area (Å²) in [5.74, 6) is 9.53. The van der Waals surface area contributed by atoms with Crippen LogP contribution in [0, 0.1) is 69.5 Å². The van der Waals surface area contributed by atoms with Gasteiger partial charge in [0.2, 0.25) is 0 Å². The second-order valence-electron chi connectivity index (χ2n) is 12.0. The molecule has 8 aliphatic carbocycles. The first-order valence-corrected chi connectivity index (χ1v) is 11.7. The molecular formula is C25H36. The molecule has 0 aromatic carbocycles. The third-order valence-electron chi connectivity index (χ3n) is 12.4. The van der Waals surface area contributed by atoms with Gasteiger partial charge in [0.1, 0.15) is 0 Å². The van der Waals surface area contributed by atoms with Crippen LogP contribution in [0.2, 0.25) is 0 Å². The van der Waals surface area contributed by atoms with Crippen molar-refractivity contribution in [3.8, 4) is 0 Å². The molecular weight excluding hydrogens is 300 g/mol. The fraction of sp³-hybridized carbons (Fsp3) is 0.920. The predicted molar refractivity (Wildman–Crippen MR) is 102 cm³/mol. The summed E-state index contributed by atoms with van der Waals surface area (Å²) in [4.78, 5) is 0. The Bertz CT molecular complexity index is 672. The van der Waals surface area contributed by atoms with Crippen LogP contribution in [0.4, 0.5) is 0 Å². The van der Waals surface area contributed by atoms with Crippen molar-refractivity contribution in [2.24, 2.45) is 69.5 Å². The maximum atomic E-state index is 2.76. The minimum absolute atomic E-state index is 0.771. The molecule has 0 aromatic rings. The van der Waals surface area contributed by atoms with E-state index in [0.717, 1.165) is 69.5 Å². The van der Waals surface area contributed by atoms with Crippen molar-refractivity contribution >= 4 is 0 Å². The molecule has 8 unspecified atom stereocenters. The first-order chi connectivity index (χ1) is 12.1.